The Morgan fingerprint density at radius 3 is 2.20 bits per heavy atom. The largest absolute Gasteiger partial charge is 0.573 e. The van der Waals surface area contributed by atoms with Gasteiger partial charge in [0.25, 0.3) is 6.43 Å². The summed E-state index contributed by atoms with van der Waals surface area (Å²) in [6, 6.07) is 17.7. The van der Waals surface area contributed by atoms with Gasteiger partial charge in [-0.1, -0.05) is 29.5 Å². The lowest BCUT2D eigenvalue weighted by Gasteiger charge is -2.15. The zero-order chi connectivity index (χ0) is 29.5. The number of ether oxygens (including phenoxy) is 1. The summed E-state index contributed by atoms with van der Waals surface area (Å²) < 4.78 is 95.7. The minimum absolute atomic E-state index is 0.108. The van der Waals surface area contributed by atoms with E-state index in [0.29, 0.717) is 39.3 Å². The molecule has 0 radical (unpaired) electrons. The monoisotopic (exact) mass is 589 g/mol. The first-order chi connectivity index (χ1) is 19.3. The number of aryl methyl sites for hydroxylation is 1. The van der Waals surface area contributed by atoms with Crippen LogP contribution in [-0.2, 0) is 16.9 Å². The molecule has 14 heteroatoms. The van der Waals surface area contributed by atoms with E-state index in [2.05, 4.69) is 20.1 Å². The van der Waals surface area contributed by atoms with Crippen LogP contribution in [0.4, 0.5) is 22.0 Å². The van der Waals surface area contributed by atoms with Gasteiger partial charge < -0.3 is 4.74 Å². The van der Waals surface area contributed by atoms with E-state index in [-0.39, 0.29) is 4.90 Å². The maximum Gasteiger partial charge on any atom is 0.573 e. The normalized spacial score (nSPS) is 12.2. The summed E-state index contributed by atoms with van der Waals surface area (Å²) in [5.41, 5.74) is 2.69. The van der Waals surface area contributed by atoms with Crippen LogP contribution < -0.4 is 4.74 Å². The predicted molar refractivity (Wildman–Crippen MR) is 139 cm³/mol. The van der Waals surface area contributed by atoms with Gasteiger partial charge in [0.15, 0.2) is 9.84 Å². The fraction of sp³-hybridized carbons (Fsp3) is 0.148. The van der Waals surface area contributed by atoms with Crippen molar-refractivity contribution in [2.45, 2.75) is 17.7 Å². The zero-order valence-corrected chi connectivity index (χ0v) is 22.2. The summed E-state index contributed by atoms with van der Waals surface area (Å²) in [6.07, 6.45) is -5.17. The van der Waals surface area contributed by atoms with Crippen LogP contribution in [-0.4, -0.2) is 45.8 Å². The van der Waals surface area contributed by atoms with Gasteiger partial charge in [-0.3, -0.25) is 4.68 Å². The Labute approximate surface area is 230 Å². The van der Waals surface area contributed by atoms with E-state index in [1.54, 1.807) is 30.3 Å². The second kappa shape index (κ2) is 10.4. The lowest BCUT2D eigenvalue weighted by atomic mass is 10.00. The predicted octanol–water partition coefficient (Wildman–Crippen LogP) is 6.24. The minimum atomic E-state index is -4.85. The molecule has 212 valence electrons. The highest BCUT2D eigenvalue weighted by molar-refractivity contribution is 7.90. The highest BCUT2D eigenvalue weighted by Crippen LogP contribution is 2.36. The van der Waals surface area contributed by atoms with Gasteiger partial charge in [0.2, 0.25) is 0 Å². The Morgan fingerprint density at radius 2 is 1.56 bits per heavy atom. The minimum Gasteiger partial charge on any atom is -0.406 e. The fourth-order valence-electron chi connectivity index (χ4n) is 4.29. The van der Waals surface area contributed by atoms with E-state index in [9.17, 15) is 30.4 Å². The number of hydrogen-bond donors (Lipinski definition) is 0. The van der Waals surface area contributed by atoms with Crippen LogP contribution in [0.15, 0.2) is 83.9 Å². The van der Waals surface area contributed by atoms with Crippen molar-refractivity contribution in [1.82, 2.24) is 24.8 Å². The lowest BCUT2D eigenvalue weighted by Crippen LogP contribution is -2.16. The van der Waals surface area contributed by atoms with Crippen molar-refractivity contribution in [2.75, 3.05) is 6.26 Å². The van der Waals surface area contributed by atoms with Crippen molar-refractivity contribution in [3.63, 3.8) is 0 Å². The van der Waals surface area contributed by atoms with Gasteiger partial charge in [-0.05, 0) is 59.7 Å². The number of hydrogen-bond acceptors (Lipinski definition) is 6. The van der Waals surface area contributed by atoms with Gasteiger partial charge in [-0.15, -0.1) is 18.3 Å². The zero-order valence-electron chi connectivity index (χ0n) is 21.3. The Morgan fingerprint density at radius 1 is 0.878 bits per heavy atom. The van der Waals surface area contributed by atoms with E-state index in [0.717, 1.165) is 18.4 Å². The van der Waals surface area contributed by atoms with Crippen molar-refractivity contribution in [3.05, 3.63) is 84.7 Å². The molecule has 0 N–H and O–H groups in total. The third-order valence-corrected chi connectivity index (χ3v) is 7.26. The highest BCUT2D eigenvalue weighted by Gasteiger charge is 2.31. The molecule has 0 fully saturated rings. The van der Waals surface area contributed by atoms with Crippen molar-refractivity contribution in [2.24, 2.45) is 7.05 Å². The molecule has 0 saturated carbocycles. The van der Waals surface area contributed by atoms with Crippen LogP contribution in [0, 0.1) is 0 Å². The molecule has 3 aromatic carbocycles. The number of benzene rings is 3. The number of aromatic nitrogens is 5. The number of sulfone groups is 1. The summed E-state index contributed by atoms with van der Waals surface area (Å²) in [5, 5.41) is 12.0. The Balaban J connectivity index is 1.68. The van der Waals surface area contributed by atoms with E-state index in [1.165, 1.54) is 52.9 Å². The molecule has 0 amide bonds. The topological polar surface area (TPSA) is 91.9 Å². The molecule has 2 heterocycles. The third-order valence-electron chi connectivity index (χ3n) is 6.15. The van der Waals surface area contributed by atoms with Crippen LogP contribution in [0.2, 0.25) is 0 Å². The SMILES string of the molecule is Cn1nc(C(F)F)cc1-c1ccc(-c2cccc(S(C)(=O)=O)c2)cc1-n1nncc1-c1ccc(OC(F)(F)F)cc1. The second-order valence-corrected chi connectivity index (χ2v) is 11.0. The summed E-state index contributed by atoms with van der Waals surface area (Å²) in [4.78, 5) is 0.108. The van der Waals surface area contributed by atoms with Gasteiger partial charge in [0, 0.05) is 24.4 Å². The van der Waals surface area contributed by atoms with Crippen molar-refractivity contribution >= 4 is 9.84 Å². The summed E-state index contributed by atoms with van der Waals surface area (Å²) in [5.74, 6) is -0.414. The van der Waals surface area contributed by atoms with Crippen LogP contribution in [0.1, 0.15) is 12.1 Å². The van der Waals surface area contributed by atoms with E-state index in [4.69, 9.17) is 0 Å². The molecular weight excluding hydrogens is 569 g/mol. The van der Waals surface area contributed by atoms with E-state index in [1.807, 2.05) is 0 Å². The molecule has 0 aliphatic heterocycles. The van der Waals surface area contributed by atoms with Gasteiger partial charge in [-0.25, -0.2) is 21.9 Å². The first-order valence-corrected chi connectivity index (χ1v) is 13.7. The Hall–Kier alpha value is -4.59. The van der Waals surface area contributed by atoms with Crippen LogP contribution in [0.3, 0.4) is 0 Å². The van der Waals surface area contributed by atoms with Crippen LogP contribution in [0.5, 0.6) is 5.75 Å². The summed E-state index contributed by atoms with van der Waals surface area (Å²) in [7, 11) is -1.99. The molecule has 0 bridgehead atoms. The first kappa shape index (κ1) is 28.0. The van der Waals surface area contributed by atoms with Gasteiger partial charge >= 0.3 is 6.36 Å². The molecule has 5 rings (SSSR count). The van der Waals surface area contributed by atoms with Gasteiger partial charge in [0.1, 0.15) is 11.4 Å². The molecule has 0 saturated heterocycles. The molecule has 0 spiro atoms. The average Bonchev–Trinajstić information content (AvgIpc) is 3.55. The van der Waals surface area contributed by atoms with Crippen LogP contribution >= 0.6 is 0 Å². The maximum absolute atomic E-state index is 13.5. The molecule has 2 aromatic heterocycles. The quantitative estimate of drug-likeness (QED) is 0.209. The Bertz CT molecular complexity index is 1830. The molecule has 0 unspecified atom stereocenters. The van der Waals surface area contributed by atoms with Gasteiger partial charge in [0.05, 0.1) is 28.2 Å². The van der Waals surface area contributed by atoms with E-state index >= 15 is 0 Å². The first-order valence-electron chi connectivity index (χ1n) is 11.8. The van der Waals surface area contributed by atoms with Crippen molar-refractivity contribution < 1.29 is 35.1 Å². The molecular formula is C27H20F5N5O3S. The molecule has 0 aliphatic rings. The summed E-state index contributed by atoms with van der Waals surface area (Å²) >= 11 is 0. The standard InChI is InChI=1S/C27H20F5N5O3S/c1-36-23(14-22(34-36)26(28)29)21-11-8-18(17-4-3-5-20(12-17)41(2,38)39)13-24(21)37-25(15-33-35-37)16-6-9-19(10-7-16)40-27(30,31)32/h3-15,26H,1-2H3. The maximum atomic E-state index is 13.5. The molecule has 41 heavy (non-hydrogen) atoms. The molecule has 0 atom stereocenters. The second-order valence-electron chi connectivity index (χ2n) is 9.01. The van der Waals surface area contributed by atoms with Gasteiger partial charge in [-0.2, -0.15) is 5.10 Å². The van der Waals surface area contributed by atoms with Crippen LogP contribution in [0.25, 0.3) is 39.3 Å². The number of nitrogens with zero attached hydrogens (tertiary/aromatic N) is 5. The molecule has 0 aliphatic carbocycles. The molecule has 8 nitrogen and oxygen atoms in total. The smallest absolute Gasteiger partial charge is 0.406 e. The summed E-state index contributed by atoms with van der Waals surface area (Å²) in [6.45, 7) is 0. The third kappa shape index (κ3) is 5.96. The number of alkyl halides is 5. The van der Waals surface area contributed by atoms with E-state index < -0.39 is 34.1 Å². The van der Waals surface area contributed by atoms with Crippen molar-refractivity contribution in [3.8, 4) is 45.1 Å². The average molecular weight is 590 g/mol. The highest BCUT2D eigenvalue weighted by atomic mass is 32.2. The Kier molecular flexibility index (Phi) is 7.11. The van der Waals surface area contributed by atoms with Crippen molar-refractivity contribution in [1.29, 1.82) is 0 Å². The number of rotatable bonds is 7. The molecule has 5 aromatic rings. The lowest BCUT2D eigenvalue weighted by molar-refractivity contribution is -0.274. The number of halogens is 5. The fourth-order valence-corrected chi connectivity index (χ4v) is 4.96.